The molecule has 2 fully saturated rings. The fourth-order valence-electron chi connectivity index (χ4n) is 13.3. The van der Waals surface area contributed by atoms with Crippen LogP contribution in [0.3, 0.4) is 0 Å². The van der Waals surface area contributed by atoms with Crippen LogP contribution in [0.4, 0.5) is 22.0 Å². The molecule has 2 unspecified atom stereocenters. The van der Waals surface area contributed by atoms with Crippen molar-refractivity contribution in [1.29, 1.82) is 0 Å². The van der Waals surface area contributed by atoms with Crippen molar-refractivity contribution in [1.82, 2.24) is 18.9 Å². The third-order valence-corrected chi connectivity index (χ3v) is 18.1. The molecule has 2 aliphatic heterocycles. The van der Waals surface area contributed by atoms with Gasteiger partial charge in [-0.2, -0.15) is 26.7 Å². The van der Waals surface area contributed by atoms with E-state index < -0.39 is 65.1 Å². The molecular formula is C77H102F5N5O9S. The fraction of sp³-hybridized carbons (Fsp3) is 0.506. The monoisotopic (exact) mass is 1370 g/mol. The molecule has 0 bridgehead atoms. The van der Waals surface area contributed by atoms with Crippen molar-refractivity contribution in [2.75, 3.05) is 52.5 Å². The van der Waals surface area contributed by atoms with Crippen LogP contribution < -0.4 is 16.9 Å². The minimum atomic E-state index is -4.65. The summed E-state index contributed by atoms with van der Waals surface area (Å²) in [5, 5.41) is 9.42. The zero-order valence-electron chi connectivity index (χ0n) is 59.3. The Morgan fingerprint density at radius 1 is 0.577 bits per heavy atom. The van der Waals surface area contributed by atoms with Crippen LogP contribution in [0.2, 0.25) is 0 Å². The Morgan fingerprint density at radius 3 is 1.43 bits per heavy atom. The Bertz CT molecular complexity index is 3790. The van der Waals surface area contributed by atoms with Crippen molar-refractivity contribution < 1.29 is 55.7 Å². The number of aliphatic carboxylic acids is 1. The molecule has 4 atom stereocenters. The maximum absolute atomic E-state index is 16.0. The summed E-state index contributed by atoms with van der Waals surface area (Å²) >= 11 is 0. The van der Waals surface area contributed by atoms with E-state index in [1.807, 2.05) is 108 Å². The van der Waals surface area contributed by atoms with E-state index in [-0.39, 0.29) is 93.4 Å². The van der Waals surface area contributed by atoms with Gasteiger partial charge in [0.15, 0.2) is 5.78 Å². The number of nitrogens with two attached hydrogens (primary N) is 1. The number of aromatic nitrogens is 2. The second kappa shape index (κ2) is 36.0. The number of aryl methyl sites for hydroxylation is 7. The van der Waals surface area contributed by atoms with Gasteiger partial charge in [0.2, 0.25) is 0 Å². The molecule has 20 heteroatoms. The summed E-state index contributed by atoms with van der Waals surface area (Å²) in [5.74, 6) is -2.49. The van der Waals surface area contributed by atoms with Gasteiger partial charge in [-0.05, 0) is 214 Å². The van der Waals surface area contributed by atoms with Gasteiger partial charge in [-0.25, -0.2) is 13.6 Å². The van der Waals surface area contributed by atoms with Gasteiger partial charge in [0, 0.05) is 87.7 Å². The van der Waals surface area contributed by atoms with Crippen LogP contribution >= 0.6 is 13.5 Å². The predicted octanol–water partition coefficient (Wildman–Crippen LogP) is 15.2. The van der Waals surface area contributed by atoms with Crippen LogP contribution in [0, 0.1) is 83.8 Å². The highest BCUT2D eigenvalue weighted by Crippen LogP contribution is 2.39. The number of esters is 2. The molecule has 8 rings (SSSR count). The van der Waals surface area contributed by atoms with Crippen LogP contribution in [0.15, 0.2) is 94.8 Å². The molecule has 3 N–H and O–H groups in total. The average molecular weight is 1370 g/mol. The first-order chi connectivity index (χ1) is 45.1. The first kappa shape index (κ1) is 80.4. The second-order valence-electron chi connectivity index (χ2n) is 27.5. The van der Waals surface area contributed by atoms with Crippen molar-refractivity contribution in [2.45, 2.75) is 179 Å². The Balaban J connectivity index is 0.000000283. The van der Waals surface area contributed by atoms with Gasteiger partial charge in [-0.3, -0.25) is 24.0 Å². The molecule has 0 radical (unpaired) electrons. The Labute approximate surface area is 576 Å². The first-order valence-corrected chi connectivity index (χ1v) is 33.7. The molecule has 14 nitrogen and oxygen atoms in total. The topological polar surface area (TPSA) is 183 Å². The summed E-state index contributed by atoms with van der Waals surface area (Å²) in [7, 11) is 0. The molecule has 0 aliphatic carbocycles. The minimum absolute atomic E-state index is 0. The van der Waals surface area contributed by atoms with Gasteiger partial charge in [-0.15, -0.1) is 0 Å². The van der Waals surface area contributed by atoms with Crippen molar-refractivity contribution in [3.05, 3.63) is 184 Å². The van der Waals surface area contributed by atoms with E-state index >= 15 is 4.39 Å². The Hall–Kier alpha value is -7.26. The molecule has 4 aromatic carbocycles. The summed E-state index contributed by atoms with van der Waals surface area (Å²) in [6.45, 7) is 34.6. The van der Waals surface area contributed by atoms with Crippen molar-refractivity contribution in [3.8, 4) is 22.3 Å². The maximum atomic E-state index is 16.0. The molecule has 530 valence electrons. The number of alkyl halides is 3. The van der Waals surface area contributed by atoms with Crippen LogP contribution in [0.5, 0.6) is 0 Å². The third kappa shape index (κ3) is 21.9. The number of Topliss-reactive ketones (excluding diaryl/α,β-unsaturated/α-hetero) is 1. The average Bonchev–Trinajstić information content (AvgIpc) is 0.807. The van der Waals surface area contributed by atoms with Crippen molar-refractivity contribution in [2.24, 2.45) is 29.4 Å². The highest BCUT2D eigenvalue weighted by Gasteiger charge is 2.37. The van der Waals surface area contributed by atoms with E-state index in [9.17, 15) is 51.4 Å². The highest BCUT2D eigenvalue weighted by molar-refractivity contribution is 7.59. The molecule has 4 heterocycles. The fourth-order valence-corrected chi connectivity index (χ4v) is 13.3. The summed E-state index contributed by atoms with van der Waals surface area (Å²) in [6.07, 6.45) is -0.420. The number of pyridine rings is 2. The zero-order valence-corrected chi connectivity index (χ0v) is 60.3. The zero-order chi connectivity index (χ0) is 71.2. The lowest BCUT2D eigenvalue weighted by Gasteiger charge is -2.37. The molecule has 6 aromatic rings. The van der Waals surface area contributed by atoms with Gasteiger partial charge in [0.05, 0.1) is 37.7 Å². The first-order valence-electron chi connectivity index (χ1n) is 33.7. The number of carbonyl (C=O) groups is 4. The predicted molar refractivity (Wildman–Crippen MR) is 379 cm³/mol. The number of hydrogen-bond acceptors (Lipinski definition) is 11. The molecule has 0 spiro atoms. The standard InChI is InChI=1S/C39H51FN2O4.C20H24FNO2.C18H25F3N2O3.H2S/c1-9-46-37(45)20-31(33-18-32(16-29(8)39(33)40)38-26(5)11-10-12-27(38)6)19-35(43)34(15-24(2)3)42-23-30(28(7)17-36(42)44)13-14-41-21-25(4)22-41;1-5-24-18(23)11-17(22)16-10-15(9-14(4)20(16)21)19-12(2)7-6-8-13(19)3;1-11(2)6-15(17(25)26)23-10-13(4-5-22-8-12(3)9-22)14(7-16(23)24)18(19,20)21;/h10-12,16-18,23-25,31,34H,9,13-15,19-22H2,1-8H3;6-10,17H,5,11,22H2,1-4H3;7,10-12,15H,4-6,8-9H2,1-3H3,(H,25,26);1H2/t31-,34?;17-;;/m00../s1. The van der Waals surface area contributed by atoms with E-state index in [2.05, 4.69) is 18.7 Å². The molecule has 0 amide bonds. The second-order valence-corrected chi connectivity index (χ2v) is 27.5. The molecule has 0 saturated carbocycles. The van der Waals surface area contributed by atoms with E-state index in [1.165, 1.54) is 0 Å². The molecule has 97 heavy (non-hydrogen) atoms. The largest absolute Gasteiger partial charge is 0.480 e. The lowest BCUT2D eigenvalue weighted by atomic mass is 9.84. The summed E-state index contributed by atoms with van der Waals surface area (Å²) in [6, 6.07) is 18.8. The van der Waals surface area contributed by atoms with E-state index in [1.54, 1.807) is 64.3 Å². The molecule has 2 aromatic heterocycles. The number of carbonyl (C=O) groups excluding carboxylic acids is 3. The minimum Gasteiger partial charge on any atom is -0.480 e. The molecule has 2 aliphatic rings. The van der Waals surface area contributed by atoms with E-state index in [4.69, 9.17) is 15.2 Å². The van der Waals surface area contributed by atoms with Gasteiger partial charge < -0.3 is 39.2 Å². The van der Waals surface area contributed by atoms with Crippen molar-refractivity contribution in [3.63, 3.8) is 0 Å². The number of carboxylic acid groups (broad SMARTS) is 1. The molecular weight excluding hydrogens is 1270 g/mol. The third-order valence-electron chi connectivity index (χ3n) is 18.1. The van der Waals surface area contributed by atoms with Crippen LogP contribution in [-0.4, -0.2) is 100 Å². The smallest absolute Gasteiger partial charge is 0.416 e. The van der Waals surface area contributed by atoms with Gasteiger partial charge >= 0.3 is 24.1 Å². The lowest BCUT2D eigenvalue weighted by molar-refractivity contribution is -0.144. The normalized spacial score (nSPS) is 14.8. The number of likely N-dealkylation sites (tertiary alicyclic amines) is 2. The number of rotatable bonds is 26. The number of hydrogen-bond donors (Lipinski definition) is 2. The number of halogens is 5. The van der Waals surface area contributed by atoms with Gasteiger partial charge in [0.1, 0.15) is 17.7 Å². The summed E-state index contributed by atoms with van der Waals surface area (Å²) < 4.78 is 83.3. The van der Waals surface area contributed by atoms with Crippen LogP contribution in [0.1, 0.15) is 178 Å². The quantitative estimate of drug-likeness (QED) is 0.0388. The SMILES string of the molecule is CC(C)CC(C(=O)O)n1cc(CCN2CC(C)C2)c(C(F)(F)F)cc1=O.CCOC(=O)C[C@H](CC(=O)C(CC(C)C)n1cc(CCN2CC(C)C2)c(C)cc1=O)c1cc(-c2c(C)cccc2C)cc(C)c1F.CCOC(=O)C[C@H](N)c1cc(-c2c(C)cccc2C)cc(C)c1F.S. The Kier molecular flexibility index (Phi) is 29.9. The highest BCUT2D eigenvalue weighted by atomic mass is 32.1. The lowest BCUT2D eigenvalue weighted by Crippen LogP contribution is -2.46. The summed E-state index contributed by atoms with van der Waals surface area (Å²) in [5.41, 5.74) is 15.7. The number of benzene rings is 4. The summed E-state index contributed by atoms with van der Waals surface area (Å²) in [4.78, 5) is 80.5. The van der Waals surface area contributed by atoms with Gasteiger partial charge in [0.25, 0.3) is 11.1 Å². The van der Waals surface area contributed by atoms with Crippen molar-refractivity contribution >= 4 is 37.2 Å². The number of ketones is 1. The maximum Gasteiger partial charge on any atom is 0.416 e. The van der Waals surface area contributed by atoms with Crippen LogP contribution in [0.25, 0.3) is 22.3 Å². The van der Waals surface area contributed by atoms with E-state index in [0.29, 0.717) is 53.1 Å². The van der Waals surface area contributed by atoms with Gasteiger partial charge in [-0.1, -0.05) is 77.9 Å². The Morgan fingerprint density at radius 2 is 0.990 bits per heavy atom. The molecule has 2 saturated heterocycles. The number of carboxylic acids is 1. The van der Waals surface area contributed by atoms with Crippen LogP contribution in [-0.2, 0) is 47.7 Å². The number of ether oxygens (including phenoxy) is 2. The number of nitrogens with zero attached hydrogens (tertiary/aromatic N) is 4. The van der Waals surface area contributed by atoms with E-state index in [0.717, 1.165) is 106 Å².